The number of benzene rings is 2. The van der Waals surface area contributed by atoms with Crippen molar-refractivity contribution in [2.24, 2.45) is 0 Å². The average Bonchev–Trinajstić information content (AvgIpc) is 2.59. The number of hydrogen-bond acceptors (Lipinski definition) is 4. The molecule has 0 heterocycles. The van der Waals surface area contributed by atoms with Crippen LogP contribution >= 0.6 is 11.6 Å². The van der Waals surface area contributed by atoms with Crippen molar-refractivity contribution in [1.82, 2.24) is 10.0 Å². The molecule has 0 aliphatic heterocycles. The number of ether oxygens (including phenoxy) is 1. The molecule has 8 heteroatoms. The van der Waals surface area contributed by atoms with Crippen LogP contribution in [-0.4, -0.2) is 27.5 Å². The number of carbonyl (C=O) groups excluding carboxylic acids is 1. The molecule has 6 nitrogen and oxygen atoms in total. The molecule has 0 aromatic heterocycles. The summed E-state index contributed by atoms with van der Waals surface area (Å²) in [6, 6.07) is 12.1. The summed E-state index contributed by atoms with van der Waals surface area (Å²) in [5, 5.41) is 2.99. The van der Waals surface area contributed by atoms with Gasteiger partial charge in [0.15, 0.2) is 0 Å². The molecule has 0 bridgehead atoms. The minimum Gasteiger partial charge on any atom is -0.497 e. The molecule has 0 radical (unpaired) electrons. The highest BCUT2D eigenvalue weighted by atomic mass is 35.5. The summed E-state index contributed by atoms with van der Waals surface area (Å²) >= 11 is 5.81. The van der Waals surface area contributed by atoms with Crippen LogP contribution in [0.25, 0.3) is 0 Å². The Kier molecular flexibility index (Phi) is 6.41. The molecule has 0 saturated heterocycles. The molecule has 134 valence electrons. The molecule has 0 fully saturated rings. The number of hydrogen-bond donors (Lipinski definition) is 2. The van der Waals surface area contributed by atoms with E-state index >= 15 is 0 Å². The lowest BCUT2D eigenvalue weighted by atomic mass is 10.2. The SMILES string of the molecule is COc1ccc(CNC(=O)[C@H](C)NS(=O)(=O)c2cccc(Cl)c2)cc1. The Balaban J connectivity index is 1.95. The van der Waals surface area contributed by atoms with Crippen molar-refractivity contribution < 1.29 is 17.9 Å². The van der Waals surface area contributed by atoms with E-state index in [0.717, 1.165) is 11.3 Å². The molecule has 25 heavy (non-hydrogen) atoms. The summed E-state index contributed by atoms with van der Waals surface area (Å²) in [4.78, 5) is 12.1. The van der Waals surface area contributed by atoms with Crippen LogP contribution in [0.15, 0.2) is 53.4 Å². The average molecular weight is 383 g/mol. The summed E-state index contributed by atoms with van der Waals surface area (Å²) < 4.78 is 32.0. The predicted molar refractivity (Wildman–Crippen MR) is 96.1 cm³/mol. The van der Waals surface area contributed by atoms with Gasteiger partial charge >= 0.3 is 0 Å². The Labute approximate surface area is 152 Å². The first-order chi connectivity index (χ1) is 11.8. The minimum atomic E-state index is -3.83. The number of halogens is 1. The van der Waals surface area contributed by atoms with E-state index in [1.807, 2.05) is 12.1 Å². The standard InChI is InChI=1S/C17H19ClN2O4S/c1-12(20-25(22,23)16-5-3-4-14(18)10-16)17(21)19-11-13-6-8-15(24-2)9-7-13/h3-10,12,20H,11H2,1-2H3,(H,19,21)/t12-/m0/s1. The van der Waals surface area contributed by atoms with E-state index in [4.69, 9.17) is 16.3 Å². The first-order valence-electron chi connectivity index (χ1n) is 7.50. The van der Waals surface area contributed by atoms with E-state index in [9.17, 15) is 13.2 Å². The molecule has 0 unspecified atom stereocenters. The minimum absolute atomic E-state index is 0.00908. The fraction of sp³-hybridized carbons (Fsp3) is 0.235. The Hall–Kier alpha value is -2.09. The van der Waals surface area contributed by atoms with Gasteiger partial charge in [0.1, 0.15) is 5.75 Å². The molecule has 2 aromatic rings. The van der Waals surface area contributed by atoms with Crippen molar-refractivity contribution in [3.63, 3.8) is 0 Å². The van der Waals surface area contributed by atoms with Gasteiger partial charge in [-0.3, -0.25) is 4.79 Å². The smallest absolute Gasteiger partial charge is 0.241 e. The fourth-order valence-electron chi connectivity index (χ4n) is 2.07. The van der Waals surface area contributed by atoms with Crippen LogP contribution in [0.2, 0.25) is 5.02 Å². The lowest BCUT2D eigenvalue weighted by molar-refractivity contribution is -0.122. The number of methoxy groups -OCH3 is 1. The van der Waals surface area contributed by atoms with Gasteiger partial charge in [-0.25, -0.2) is 8.42 Å². The lowest BCUT2D eigenvalue weighted by Crippen LogP contribution is -2.44. The first kappa shape index (κ1) is 19.2. The van der Waals surface area contributed by atoms with Gasteiger partial charge < -0.3 is 10.1 Å². The van der Waals surface area contributed by atoms with E-state index < -0.39 is 22.0 Å². The number of amides is 1. The maximum Gasteiger partial charge on any atom is 0.241 e. The Morgan fingerprint density at radius 3 is 2.48 bits per heavy atom. The van der Waals surface area contributed by atoms with Gasteiger partial charge in [0.2, 0.25) is 15.9 Å². The molecule has 0 aliphatic rings. The first-order valence-corrected chi connectivity index (χ1v) is 9.36. The van der Waals surface area contributed by atoms with Crippen LogP contribution in [0.3, 0.4) is 0 Å². The van der Waals surface area contributed by atoms with Crippen LogP contribution in [-0.2, 0) is 21.4 Å². The quantitative estimate of drug-likeness (QED) is 0.769. The fourth-order valence-corrected chi connectivity index (χ4v) is 3.58. The third-order valence-electron chi connectivity index (χ3n) is 3.46. The van der Waals surface area contributed by atoms with Gasteiger partial charge in [0.05, 0.1) is 18.0 Å². The molecule has 0 spiro atoms. The second-order valence-electron chi connectivity index (χ2n) is 5.37. The van der Waals surface area contributed by atoms with Crippen molar-refractivity contribution in [2.45, 2.75) is 24.4 Å². The third kappa shape index (κ3) is 5.45. The molecular weight excluding hydrogens is 364 g/mol. The summed E-state index contributed by atoms with van der Waals surface area (Å²) in [6.45, 7) is 1.76. The molecule has 2 rings (SSSR count). The topological polar surface area (TPSA) is 84.5 Å². The largest absolute Gasteiger partial charge is 0.497 e. The van der Waals surface area contributed by atoms with Gasteiger partial charge in [-0.1, -0.05) is 29.8 Å². The zero-order valence-corrected chi connectivity index (χ0v) is 15.4. The van der Waals surface area contributed by atoms with Crippen LogP contribution in [0.1, 0.15) is 12.5 Å². The van der Waals surface area contributed by atoms with Crippen LogP contribution in [0.4, 0.5) is 0 Å². The Bertz CT molecular complexity index is 838. The van der Waals surface area contributed by atoms with Gasteiger partial charge in [-0.2, -0.15) is 4.72 Å². The molecule has 2 N–H and O–H groups in total. The van der Waals surface area contributed by atoms with Crippen molar-refractivity contribution >= 4 is 27.5 Å². The van der Waals surface area contributed by atoms with Crippen molar-refractivity contribution in [3.8, 4) is 5.75 Å². The highest BCUT2D eigenvalue weighted by molar-refractivity contribution is 7.89. The third-order valence-corrected chi connectivity index (χ3v) is 5.23. The lowest BCUT2D eigenvalue weighted by Gasteiger charge is -2.15. The van der Waals surface area contributed by atoms with E-state index in [0.29, 0.717) is 5.02 Å². The summed E-state index contributed by atoms with van der Waals surface area (Å²) in [7, 11) is -2.26. The van der Waals surface area contributed by atoms with Gasteiger partial charge in [0, 0.05) is 11.6 Å². The van der Waals surface area contributed by atoms with Crippen molar-refractivity contribution in [1.29, 1.82) is 0 Å². The highest BCUT2D eigenvalue weighted by Crippen LogP contribution is 2.15. The van der Waals surface area contributed by atoms with Gasteiger partial charge in [-0.15, -0.1) is 0 Å². The molecule has 0 aliphatic carbocycles. The molecular formula is C17H19ClN2O4S. The summed E-state index contributed by atoms with van der Waals surface area (Å²) in [5.74, 6) is 0.291. The van der Waals surface area contributed by atoms with Crippen LogP contribution < -0.4 is 14.8 Å². The van der Waals surface area contributed by atoms with E-state index in [-0.39, 0.29) is 11.4 Å². The summed E-state index contributed by atoms with van der Waals surface area (Å²) in [6.07, 6.45) is 0. The highest BCUT2D eigenvalue weighted by Gasteiger charge is 2.22. The maximum atomic E-state index is 12.3. The Morgan fingerprint density at radius 1 is 1.20 bits per heavy atom. The normalized spacial score (nSPS) is 12.4. The van der Waals surface area contributed by atoms with E-state index in [1.54, 1.807) is 25.3 Å². The number of rotatable bonds is 7. The van der Waals surface area contributed by atoms with E-state index in [1.165, 1.54) is 25.1 Å². The van der Waals surface area contributed by atoms with Gasteiger partial charge in [0.25, 0.3) is 0 Å². The van der Waals surface area contributed by atoms with Crippen LogP contribution in [0, 0.1) is 0 Å². The zero-order valence-electron chi connectivity index (χ0n) is 13.8. The molecule has 1 amide bonds. The van der Waals surface area contributed by atoms with Crippen molar-refractivity contribution in [3.05, 3.63) is 59.1 Å². The maximum absolute atomic E-state index is 12.3. The van der Waals surface area contributed by atoms with E-state index in [2.05, 4.69) is 10.0 Å². The molecule has 1 atom stereocenters. The second-order valence-corrected chi connectivity index (χ2v) is 7.52. The zero-order chi connectivity index (χ0) is 18.4. The number of carbonyl (C=O) groups is 1. The monoisotopic (exact) mass is 382 g/mol. The second kappa shape index (κ2) is 8.33. The summed E-state index contributed by atoms with van der Waals surface area (Å²) in [5.41, 5.74) is 0.874. The predicted octanol–water partition coefficient (Wildman–Crippen LogP) is 2.33. The number of nitrogens with one attached hydrogen (secondary N) is 2. The van der Waals surface area contributed by atoms with Crippen LogP contribution in [0.5, 0.6) is 5.75 Å². The molecule has 2 aromatic carbocycles. The molecule has 0 saturated carbocycles. The van der Waals surface area contributed by atoms with Gasteiger partial charge in [-0.05, 0) is 42.8 Å². The number of sulfonamides is 1. The van der Waals surface area contributed by atoms with Crippen molar-refractivity contribution in [2.75, 3.05) is 7.11 Å². The Morgan fingerprint density at radius 2 is 1.88 bits per heavy atom.